The summed E-state index contributed by atoms with van der Waals surface area (Å²) in [4.78, 5) is 13.7. The Bertz CT molecular complexity index is 418. The van der Waals surface area contributed by atoms with Gasteiger partial charge < -0.3 is 10.6 Å². The number of hydrogen-bond acceptors (Lipinski definition) is 2. The van der Waals surface area contributed by atoms with Gasteiger partial charge in [0.05, 0.1) is 5.54 Å². The van der Waals surface area contributed by atoms with Crippen molar-refractivity contribution in [1.82, 2.24) is 4.90 Å². The molecule has 1 atom stereocenters. The van der Waals surface area contributed by atoms with E-state index in [4.69, 9.17) is 5.73 Å². The van der Waals surface area contributed by atoms with Crippen molar-refractivity contribution >= 4 is 5.91 Å². The first-order valence-electron chi connectivity index (χ1n) is 6.15. The van der Waals surface area contributed by atoms with Crippen LogP contribution in [0.1, 0.15) is 32.3 Å². The zero-order valence-corrected chi connectivity index (χ0v) is 11.2. The zero-order valence-electron chi connectivity index (χ0n) is 11.2. The summed E-state index contributed by atoms with van der Waals surface area (Å²) in [6, 6.07) is 6.24. The average Bonchev–Trinajstić information content (AvgIpc) is 2.27. The predicted molar refractivity (Wildman–Crippen MR) is 70.4 cm³/mol. The third-order valence-electron chi connectivity index (χ3n) is 2.91. The van der Waals surface area contributed by atoms with Gasteiger partial charge in [0.1, 0.15) is 5.82 Å². The van der Waals surface area contributed by atoms with Gasteiger partial charge >= 0.3 is 0 Å². The molecule has 1 aromatic carbocycles. The molecule has 2 N–H and O–H groups in total. The van der Waals surface area contributed by atoms with Crippen LogP contribution in [0.15, 0.2) is 24.3 Å². The lowest BCUT2D eigenvalue weighted by Crippen LogP contribution is -2.51. The third-order valence-corrected chi connectivity index (χ3v) is 2.91. The van der Waals surface area contributed by atoms with Crippen molar-refractivity contribution < 1.29 is 9.18 Å². The van der Waals surface area contributed by atoms with E-state index >= 15 is 0 Å². The second kappa shape index (κ2) is 5.96. The lowest BCUT2D eigenvalue weighted by Gasteiger charge is -2.29. The van der Waals surface area contributed by atoms with Crippen LogP contribution in [0.25, 0.3) is 0 Å². The molecule has 4 heteroatoms. The molecule has 0 saturated carbocycles. The van der Waals surface area contributed by atoms with E-state index in [2.05, 4.69) is 0 Å². The number of halogens is 1. The number of carbonyl (C=O) groups is 1. The SMILES string of the molecule is CCCC(C)(N)C(=O)N(C)Cc1cccc(F)c1. The van der Waals surface area contributed by atoms with Gasteiger partial charge in [-0.15, -0.1) is 0 Å². The van der Waals surface area contributed by atoms with Gasteiger partial charge in [-0.1, -0.05) is 25.5 Å². The summed E-state index contributed by atoms with van der Waals surface area (Å²) >= 11 is 0. The normalized spacial score (nSPS) is 14.1. The Morgan fingerprint density at radius 1 is 1.50 bits per heavy atom. The highest BCUT2D eigenvalue weighted by Crippen LogP contribution is 2.14. The highest BCUT2D eigenvalue weighted by atomic mass is 19.1. The molecule has 0 aliphatic heterocycles. The van der Waals surface area contributed by atoms with Gasteiger partial charge in [0, 0.05) is 13.6 Å². The van der Waals surface area contributed by atoms with E-state index in [0.29, 0.717) is 13.0 Å². The standard InChI is InChI=1S/C14H21FN2O/c1-4-8-14(2,16)13(18)17(3)10-11-6-5-7-12(15)9-11/h5-7,9H,4,8,10,16H2,1-3H3. The second-order valence-electron chi connectivity index (χ2n) is 4.96. The van der Waals surface area contributed by atoms with E-state index in [9.17, 15) is 9.18 Å². The Balaban J connectivity index is 2.71. The van der Waals surface area contributed by atoms with Gasteiger partial charge in [-0.3, -0.25) is 4.79 Å². The lowest BCUT2D eigenvalue weighted by atomic mass is 9.96. The molecule has 3 nitrogen and oxygen atoms in total. The number of amides is 1. The van der Waals surface area contributed by atoms with Crippen LogP contribution in [-0.4, -0.2) is 23.4 Å². The monoisotopic (exact) mass is 252 g/mol. The number of hydrogen-bond donors (Lipinski definition) is 1. The molecule has 18 heavy (non-hydrogen) atoms. The molecule has 0 aliphatic rings. The van der Waals surface area contributed by atoms with E-state index in [-0.39, 0.29) is 11.7 Å². The molecule has 0 aromatic heterocycles. The number of carbonyl (C=O) groups excluding carboxylic acids is 1. The number of rotatable bonds is 5. The molecule has 1 aromatic rings. The fourth-order valence-electron chi connectivity index (χ4n) is 2.04. The van der Waals surface area contributed by atoms with Gasteiger partial charge in [0.25, 0.3) is 0 Å². The quantitative estimate of drug-likeness (QED) is 0.874. The summed E-state index contributed by atoms with van der Waals surface area (Å²) in [5.41, 5.74) is 5.90. The molecular formula is C14H21FN2O. The molecule has 1 unspecified atom stereocenters. The second-order valence-corrected chi connectivity index (χ2v) is 4.96. The number of benzene rings is 1. The molecule has 0 saturated heterocycles. The van der Waals surface area contributed by atoms with Crippen LogP contribution in [0, 0.1) is 5.82 Å². The number of likely N-dealkylation sites (N-methyl/N-ethyl adjacent to an activating group) is 1. The fraction of sp³-hybridized carbons (Fsp3) is 0.500. The first kappa shape index (κ1) is 14.6. The van der Waals surface area contributed by atoms with Gasteiger partial charge in [0.15, 0.2) is 0 Å². The molecule has 0 spiro atoms. The van der Waals surface area contributed by atoms with Crippen LogP contribution in [0.5, 0.6) is 0 Å². The number of nitrogens with zero attached hydrogens (tertiary/aromatic N) is 1. The Hall–Kier alpha value is -1.42. The highest BCUT2D eigenvalue weighted by molar-refractivity contribution is 5.85. The molecular weight excluding hydrogens is 231 g/mol. The van der Waals surface area contributed by atoms with Gasteiger partial charge in [0.2, 0.25) is 5.91 Å². The minimum atomic E-state index is -0.850. The van der Waals surface area contributed by atoms with Crippen molar-refractivity contribution in [2.45, 2.75) is 38.8 Å². The molecule has 0 aliphatic carbocycles. The largest absolute Gasteiger partial charge is 0.340 e. The third kappa shape index (κ3) is 3.81. The van der Waals surface area contributed by atoms with Crippen LogP contribution < -0.4 is 5.73 Å². The molecule has 0 radical (unpaired) electrons. The van der Waals surface area contributed by atoms with Crippen molar-refractivity contribution in [1.29, 1.82) is 0 Å². The maximum Gasteiger partial charge on any atom is 0.242 e. The first-order valence-corrected chi connectivity index (χ1v) is 6.15. The van der Waals surface area contributed by atoms with Crippen LogP contribution in [0.2, 0.25) is 0 Å². The van der Waals surface area contributed by atoms with Crippen molar-refractivity contribution in [2.24, 2.45) is 5.73 Å². The van der Waals surface area contributed by atoms with E-state index in [1.165, 1.54) is 12.1 Å². The van der Waals surface area contributed by atoms with E-state index in [0.717, 1.165) is 12.0 Å². The molecule has 1 amide bonds. The maximum atomic E-state index is 13.0. The first-order chi connectivity index (χ1) is 8.36. The smallest absolute Gasteiger partial charge is 0.242 e. The van der Waals surface area contributed by atoms with Gasteiger partial charge in [-0.2, -0.15) is 0 Å². The summed E-state index contributed by atoms with van der Waals surface area (Å²) in [5.74, 6) is -0.411. The lowest BCUT2D eigenvalue weighted by molar-refractivity contribution is -0.135. The van der Waals surface area contributed by atoms with Crippen LogP contribution in [-0.2, 0) is 11.3 Å². The van der Waals surface area contributed by atoms with Crippen LogP contribution in [0.3, 0.4) is 0 Å². The molecule has 0 fully saturated rings. The van der Waals surface area contributed by atoms with Crippen molar-refractivity contribution in [3.8, 4) is 0 Å². The molecule has 0 heterocycles. The Morgan fingerprint density at radius 3 is 2.72 bits per heavy atom. The van der Waals surface area contributed by atoms with Crippen LogP contribution in [0.4, 0.5) is 4.39 Å². The highest BCUT2D eigenvalue weighted by Gasteiger charge is 2.29. The molecule has 100 valence electrons. The Kier molecular flexibility index (Phi) is 4.84. The van der Waals surface area contributed by atoms with Crippen molar-refractivity contribution in [3.05, 3.63) is 35.6 Å². The maximum absolute atomic E-state index is 13.0. The van der Waals surface area contributed by atoms with Crippen molar-refractivity contribution in [2.75, 3.05) is 7.05 Å². The molecule has 1 rings (SSSR count). The zero-order chi connectivity index (χ0) is 13.8. The Morgan fingerprint density at radius 2 is 2.17 bits per heavy atom. The molecule has 0 bridgehead atoms. The minimum Gasteiger partial charge on any atom is -0.340 e. The predicted octanol–water partition coefficient (Wildman–Crippen LogP) is 2.30. The van der Waals surface area contributed by atoms with E-state index in [1.54, 1.807) is 31.0 Å². The topological polar surface area (TPSA) is 46.3 Å². The summed E-state index contributed by atoms with van der Waals surface area (Å²) in [6.07, 6.45) is 1.49. The summed E-state index contributed by atoms with van der Waals surface area (Å²) in [7, 11) is 1.69. The number of nitrogens with two attached hydrogens (primary N) is 1. The Labute approximate surface area is 108 Å². The van der Waals surface area contributed by atoms with E-state index in [1.807, 2.05) is 6.92 Å². The summed E-state index contributed by atoms with van der Waals surface area (Å²) in [5, 5.41) is 0. The average molecular weight is 252 g/mol. The van der Waals surface area contributed by atoms with Gasteiger partial charge in [-0.25, -0.2) is 4.39 Å². The summed E-state index contributed by atoms with van der Waals surface area (Å²) in [6.45, 7) is 4.10. The van der Waals surface area contributed by atoms with Crippen LogP contribution >= 0.6 is 0 Å². The van der Waals surface area contributed by atoms with Crippen molar-refractivity contribution in [3.63, 3.8) is 0 Å². The fourth-order valence-corrected chi connectivity index (χ4v) is 2.04. The minimum absolute atomic E-state index is 0.117. The van der Waals surface area contributed by atoms with E-state index < -0.39 is 5.54 Å². The summed E-state index contributed by atoms with van der Waals surface area (Å²) < 4.78 is 13.0. The van der Waals surface area contributed by atoms with Gasteiger partial charge in [-0.05, 0) is 31.0 Å².